The fourth-order valence-corrected chi connectivity index (χ4v) is 5.41. The van der Waals surface area contributed by atoms with Gasteiger partial charge in [0, 0.05) is 25.6 Å². The molecule has 1 aliphatic carbocycles. The molecule has 0 bridgehead atoms. The van der Waals surface area contributed by atoms with Gasteiger partial charge in [0.1, 0.15) is 0 Å². The number of anilines is 2. The first-order chi connectivity index (χ1) is 14.7. The molecule has 0 spiro atoms. The molecule has 2 amide bonds. The van der Waals surface area contributed by atoms with Crippen LogP contribution in [0, 0.1) is 5.92 Å². The topological polar surface area (TPSA) is 74.8 Å². The van der Waals surface area contributed by atoms with Crippen LogP contribution in [-0.2, 0) is 19.4 Å². The molecular formula is C24H28N2O4S. The van der Waals surface area contributed by atoms with Crippen LogP contribution < -0.4 is 9.80 Å². The third-order valence-electron chi connectivity index (χ3n) is 6.34. The van der Waals surface area contributed by atoms with Gasteiger partial charge in [-0.3, -0.25) is 9.59 Å². The second-order valence-electron chi connectivity index (χ2n) is 8.67. The number of rotatable bonds is 3. The van der Waals surface area contributed by atoms with Gasteiger partial charge in [-0.1, -0.05) is 31.0 Å². The number of amides is 2. The van der Waals surface area contributed by atoms with Crippen LogP contribution in [0.15, 0.2) is 47.4 Å². The summed E-state index contributed by atoms with van der Waals surface area (Å²) in [5, 5.41) is 0. The van der Waals surface area contributed by atoms with Gasteiger partial charge in [0.15, 0.2) is 9.84 Å². The van der Waals surface area contributed by atoms with E-state index in [9.17, 15) is 18.0 Å². The summed E-state index contributed by atoms with van der Waals surface area (Å²) in [6, 6.07) is 12.4. The third kappa shape index (κ3) is 4.11. The van der Waals surface area contributed by atoms with E-state index in [0.717, 1.165) is 48.2 Å². The van der Waals surface area contributed by atoms with E-state index in [1.807, 2.05) is 30.0 Å². The van der Waals surface area contributed by atoms with Crippen molar-refractivity contribution in [2.24, 2.45) is 5.92 Å². The zero-order valence-corrected chi connectivity index (χ0v) is 19.0. The highest BCUT2D eigenvalue weighted by Crippen LogP contribution is 2.40. The third-order valence-corrected chi connectivity index (χ3v) is 7.47. The van der Waals surface area contributed by atoms with Crippen LogP contribution in [0.5, 0.6) is 0 Å². The smallest absolute Gasteiger partial charge is 0.230 e. The summed E-state index contributed by atoms with van der Waals surface area (Å²) in [5.41, 5.74) is 3.22. The van der Waals surface area contributed by atoms with Crippen LogP contribution in [-0.4, -0.2) is 39.1 Å². The predicted octanol–water partition coefficient (Wildman–Crippen LogP) is 4.04. The first-order valence-corrected chi connectivity index (χ1v) is 12.6. The Balaban J connectivity index is 1.77. The number of carbonyl (C=O) groups excluding carboxylic acids is 2. The van der Waals surface area contributed by atoms with E-state index in [-0.39, 0.29) is 28.7 Å². The zero-order valence-electron chi connectivity index (χ0n) is 18.2. The highest BCUT2D eigenvalue weighted by Gasteiger charge is 2.36. The molecule has 6 nitrogen and oxygen atoms in total. The molecular weight excluding hydrogens is 412 g/mol. The maximum absolute atomic E-state index is 13.3. The van der Waals surface area contributed by atoms with Crippen LogP contribution in [0.4, 0.5) is 11.4 Å². The van der Waals surface area contributed by atoms with Crippen molar-refractivity contribution in [2.75, 3.05) is 22.6 Å². The number of nitrogens with zero attached hydrogens (tertiary/aromatic N) is 2. The molecule has 1 heterocycles. The Morgan fingerprint density at radius 1 is 0.935 bits per heavy atom. The Bertz CT molecular complexity index is 1120. The monoisotopic (exact) mass is 440 g/mol. The van der Waals surface area contributed by atoms with Crippen molar-refractivity contribution in [3.05, 3.63) is 42.5 Å². The standard InChI is InChI=1S/C24H28N2O4S/c1-16-15-25(24(28)19-6-4-5-7-19)23-14-20(10-13-22(23)26(16)17(2)27)18-8-11-21(12-9-18)31(3,29)30/h8-14,16,19H,4-7,15H2,1-3H3/t16-/m0/s1. The largest absolute Gasteiger partial charge is 0.308 e. The second kappa shape index (κ2) is 8.11. The summed E-state index contributed by atoms with van der Waals surface area (Å²) < 4.78 is 23.5. The number of sulfone groups is 1. The van der Waals surface area contributed by atoms with Gasteiger partial charge in [-0.25, -0.2) is 8.42 Å². The first-order valence-electron chi connectivity index (χ1n) is 10.7. The SMILES string of the molecule is CC(=O)N1c2ccc(-c3ccc(S(C)(=O)=O)cc3)cc2N(C(=O)C2CCCC2)C[C@@H]1C. The van der Waals surface area contributed by atoms with Crippen LogP contribution in [0.1, 0.15) is 39.5 Å². The zero-order chi connectivity index (χ0) is 22.3. The molecule has 2 aliphatic rings. The van der Waals surface area contributed by atoms with Gasteiger partial charge in [0.25, 0.3) is 0 Å². The number of fused-ring (bicyclic) bond motifs is 1. The molecule has 31 heavy (non-hydrogen) atoms. The lowest BCUT2D eigenvalue weighted by Gasteiger charge is -2.41. The van der Waals surface area contributed by atoms with Crippen molar-refractivity contribution < 1.29 is 18.0 Å². The molecule has 4 rings (SSSR count). The van der Waals surface area contributed by atoms with Gasteiger partial charge in [-0.15, -0.1) is 0 Å². The van der Waals surface area contributed by atoms with Crippen LogP contribution in [0.25, 0.3) is 11.1 Å². The molecule has 0 saturated heterocycles. The lowest BCUT2D eigenvalue weighted by molar-refractivity contribution is -0.122. The molecule has 1 aliphatic heterocycles. The molecule has 2 aromatic rings. The molecule has 7 heteroatoms. The molecule has 1 saturated carbocycles. The maximum Gasteiger partial charge on any atom is 0.230 e. The Morgan fingerprint density at radius 3 is 2.13 bits per heavy atom. The molecule has 0 N–H and O–H groups in total. The number of carbonyl (C=O) groups is 2. The van der Waals surface area contributed by atoms with E-state index in [4.69, 9.17) is 0 Å². The summed E-state index contributed by atoms with van der Waals surface area (Å²) in [5.74, 6) is 0.131. The van der Waals surface area contributed by atoms with Crippen molar-refractivity contribution in [1.29, 1.82) is 0 Å². The Kier molecular flexibility index (Phi) is 5.64. The van der Waals surface area contributed by atoms with Gasteiger partial charge in [-0.2, -0.15) is 0 Å². The van der Waals surface area contributed by atoms with E-state index in [1.54, 1.807) is 36.1 Å². The number of benzene rings is 2. The van der Waals surface area contributed by atoms with E-state index in [0.29, 0.717) is 6.54 Å². The first kappa shape index (κ1) is 21.6. The average Bonchev–Trinajstić information content (AvgIpc) is 3.26. The van der Waals surface area contributed by atoms with E-state index < -0.39 is 9.84 Å². The minimum Gasteiger partial charge on any atom is -0.308 e. The summed E-state index contributed by atoms with van der Waals surface area (Å²) >= 11 is 0. The molecule has 2 aromatic carbocycles. The quantitative estimate of drug-likeness (QED) is 0.722. The van der Waals surface area contributed by atoms with Gasteiger partial charge >= 0.3 is 0 Å². The molecule has 0 unspecified atom stereocenters. The van der Waals surface area contributed by atoms with Gasteiger partial charge in [0.2, 0.25) is 11.8 Å². The fraction of sp³-hybridized carbons (Fsp3) is 0.417. The highest BCUT2D eigenvalue weighted by atomic mass is 32.2. The van der Waals surface area contributed by atoms with Crippen molar-refractivity contribution >= 4 is 33.0 Å². The van der Waals surface area contributed by atoms with E-state index in [2.05, 4.69) is 0 Å². The van der Waals surface area contributed by atoms with Gasteiger partial charge < -0.3 is 9.80 Å². The Morgan fingerprint density at radius 2 is 1.55 bits per heavy atom. The van der Waals surface area contributed by atoms with Crippen LogP contribution >= 0.6 is 0 Å². The number of hydrogen-bond donors (Lipinski definition) is 0. The molecule has 164 valence electrons. The van der Waals surface area contributed by atoms with Crippen molar-refractivity contribution in [2.45, 2.75) is 50.5 Å². The fourth-order valence-electron chi connectivity index (χ4n) is 4.78. The second-order valence-corrected chi connectivity index (χ2v) is 10.7. The maximum atomic E-state index is 13.3. The van der Waals surface area contributed by atoms with E-state index >= 15 is 0 Å². The van der Waals surface area contributed by atoms with Crippen molar-refractivity contribution in [3.63, 3.8) is 0 Å². The number of hydrogen-bond acceptors (Lipinski definition) is 4. The molecule has 1 fully saturated rings. The molecule has 0 aromatic heterocycles. The highest BCUT2D eigenvalue weighted by molar-refractivity contribution is 7.90. The van der Waals surface area contributed by atoms with Gasteiger partial charge in [-0.05, 0) is 55.2 Å². The predicted molar refractivity (Wildman–Crippen MR) is 122 cm³/mol. The van der Waals surface area contributed by atoms with Crippen LogP contribution in [0.3, 0.4) is 0 Å². The molecule has 0 radical (unpaired) electrons. The van der Waals surface area contributed by atoms with Crippen molar-refractivity contribution in [1.82, 2.24) is 0 Å². The lowest BCUT2D eigenvalue weighted by atomic mass is 9.98. The van der Waals surface area contributed by atoms with Crippen molar-refractivity contribution in [3.8, 4) is 11.1 Å². The van der Waals surface area contributed by atoms with Gasteiger partial charge in [0.05, 0.1) is 22.3 Å². The summed E-state index contributed by atoms with van der Waals surface area (Å²) in [4.78, 5) is 29.6. The summed E-state index contributed by atoms with van der Waals surface area (Å²) in [7, 11) is -3.27. The summed E-state index contributed by atoms with van der Waals surface area (Å²) in [6.07, 6.45) is 5.19. The normalized spacial score (nSPS) is 19.4. The average molecular weight is 441 g/mol. The van der Waals surface area contributed by atoms with E-state index in [1.165, 1.54) is 6.26 Å². The minimum absolute atomic E-state index is 0.0432. The lowest BCUT2D eigenvalue weighted by Crippen LogP contribution is -2.52. The minimum atomic E-state index is -3.27. The van der Waals surface area contributed by atoms with Crippen LogP contribution in [0.2, 0.25) is 0 Å². The Hall–Kier alpha value is -2.67. The molecule has 1 atom stereocenters. The Labute approximate surface area is 183 Å². The summed E-state index contributed by atoms with van der Waals surface area (Å²) in [6.45, 7) is 3.99.